The van der Waals surface area contributed by atoms with E-state index in [0.717, 1.165) is 44.3 Å². The molecule has 17 heavy (non-hydrogen) atoms. The van der Waals surface area contributed by atoms with Crippen molar-refractivity contribution in [2.45, 2.75) is 31.8 Å². The second kappa shape index (κ2) is 5.87. The summed E-state index contributed by atoms with van der Waals surface area (Å²) in [4.78, 5) is 2.40. The minimum atomic E-state index is -0.296. The van der Waals surface area contributed by atoms with Gasteiger partial charge in [0.25, 0.3) is 0 Å². The Hall–Kier alpha value is -1.28. The maximum Gasteiger partial charge on any atom is 0.0810 e. The van der Waals surface area contributed by atoms with Gasteiger partial charge in [-0.05, 0) is 31.7 Å². The van der Waals surface area contributed by atoms with E-state index in [1.165, 1.54) is 5.69 Å². The van der Waals surface area contributed by atoms with Gasteiger partial charge in [0.2, 0.25) is 0 Å². The summed E-state index contributed by atoms with van der Waals surface area (Å²) in [6.07, 6.45) is 5.79. The van der Waals surface area contributed by atoms with Gasteiger partial charge in [-0.2, -0.15) is 0 Å². The number of benzene rings is 1. The Morgan fingerprint density at radius 3 is 3.06 bits per heavy atom. The van der Waals surface area contributed by atoms with E-state index in [9.17, 15) is 5.11 Å². The Labute approximate surface area is 104 Å². The Bertz CT molecular complexity index is 375. The number of nitrogens with zero attached hydrogens (tertiary/aromatic N) is 1. The normalized spacial score (nSPS) is 19.6. The van der Waals surface area contributed by atoms with E-state index in [0.29, 0.717) is 0 Å². The van der Waals surface area contributed by atoms with Gasteiger partial charge in [-0.15, -0.1) is 6.58 Å². The van der Waals surface area contributed by atoms with Gasteiger partial charge >= 0.3 is 0 Å². The van der Waals surface area contributed by atoms with Crippen molar-refractivity contribution >= 4 is 5.69 Å². The molecule has 1 heterocycles. The Kier molecular flexibility index (Phi) is 4.21. The van der Waals surface area contributed by atoms with Gasteiger partial charge in [-0.3, -0.25) is 0 Å². The highest BCUT2D eigenvalue weighted by Gasteiger charge is 2.20. The molecular formula is C15H21NO. The van der Waals surface area contributed by atoms with Crippen molar-refractivity contribution in [1.29, 1.82) is 0 Å². The van der Waals surface area contributed by atoms with Crippen molar-refractivity contribution in [3.8, 4) is 0 Å². The van der Waals surface area contributed by atoms with Crippen LogP contribution in [0.3, 0.4) is 0 Å². The number of hydrogen-bond donors (Lipinski definition) is 1. The van der Waals surface area contributed by atoms with E-state index < -0.39 is 0 Å². The molecule has 2 nitrogen and oxygen atoms in total. The third-order valence-electron chi connectivity index (χ3n) is 3.38. The molecule has 92 valence electrons. The van der Waals surface area contributed by atoms with Crippen molar-refractivity contribution in [2.24, 2.45) is 0 Å². The molecule has 1 N–H and O–H groups in total. The third-order valence-corrected chi connectivity index (χ3v) is 3.38. The zero-order valence-corrected chi connectivity index (χ0v) is 10.3. The summed E-state index contributed by atoms with van der Waals surface area (Å²) in [6.45, 7) is 5.86. The minimum absolute atomic E-state index is 0.296. The largest absolute Gasteiger partial charge is 0.388 e. The van der Waals surface area contributed by atoms with Gasteiger partial charge in [-0.1, -0.05) is 24.3 Å². The van der Waals surface area contributed by atoms with Crippen molar-refractivity contribution in [3.05, 3.63) is 42.5 Å². The monoisotopic (exact) mass is 231 g/mol. The van der Waals surface area contributed by atoms with Gasteiger partial charge in [0.1, 0.15) is 0 Å². The zero-order chi connectivity index (χ0) is 12.1. The molecule has 1 aliphatic heterocycles. The number of hydrogen-bond acceptors (Lipinski definition) is 2. The molecule has 0 spiro atoms. The molecule has 1 atom stereocenters. The van der Waals surface area contributed by atoms with Crippen LogP contribution in [0.4, 0.5) is 5.69 Å². The Morgan fingerprint density at radius 2 is 2.24 bits per heavy atom. The molecular weight excluding hydrogens is 210 g/mol. The van der Waals surface area contributed by atoms with E-state index in [1.807, 2.05) is 18.2 Å². The molecule has 0 bridgehead atoms. The second-order valence-electron chi connectivity index (χ2n) is 4.63. The van der Waals surface area contributed by atoms with Crippen LogP contribution < -0.4 is 4.90 Å². The van der Waals surface area contributed by atoms with Gasteiger partial charge in [0.15, 0.2) is 0 Å². The first-order valence-electron chi connectivity index (χ1n) is 6.46. The quantitative estimate of drug-likeness (QED) is 0.635. The van der Waals surface area contributed by atoms with Crippen molar-refractivity contribution < 1.29 is 5.11 Å². The molecule has 1 aromatic rings. The molecule has 0 saturated heterocycles. The van der Waals surface area contributed by atoms with E-state index in [2.05, 4.69) is 23.6 Å². The number of aliphatic hydroxyl groups excluding tert-OH is 1. The van der Waals surface area contributed by atoms with Gasteiger partial charge in [-0.25, -0.2) is 0 Å². The van der Waals surface area contributed by atoms with Crippen molar-refractivity contribution in [1.82, 2.24) is 0 Å². The number of rotatable bonds is 4. The van der Waals surface area contributed by atoms with Crippen LogP contribution in [-0.4, -0.2) is 18.2 Å². The molecule has 1 aromatic carbocycles. The molecule has 2 rings (SSSR count). The van der Waals surface area contributed by atoms with Crippen molar-refractivity contribution in [2.75, 3.05) is 18.0 Å². The lowest BCUT2D eigenvalue weighted by atomic mass is 10.0. The van der Waals surface area contributed by atoms with Gasteiger partial charge in [0.05, 0.1) is 6.10 Å². The van der Waals surface area contributed by atoms with Crippen LogP contribution in [0.15, 0.2) is 36.9 Å². The molecule has 0 radical (unpaired) electrons. The fourth-order valence-electron chi connectivity index (χ4n) is 2.47. The first kappa shape index (κ1) is 12.2. The molecule has 1 aliphatic rings. The van der Waals surface area contributed by atoms with E-state index in [1.54, 1.807) is 0 Å². The molecule has 1 unspecified atom stereocenters. The Morgan fingerprint density at radius 1 is 1.41 bits per heavy atom. The number of para-hydroxylation sites is 1. The lowest BCUT2D eigenvalue weighted by molar-refractivity contribution is 0.168. The summed E-state index contributed by atoms with van der Waals surface area (Å²) in [5.41, 5.74) is 2.30. The number of anilines is 1. The van der Waals surface area contributed by atoms with Crippen LogP contribution in [0.2, 0.25) is 0 Å². The predicted octanol–water partition coefficient (Wildman–Crippen LogP) is 3.29. The van der Waals surface area contributed by atoms with Crippen LogP contribution in [-0.2, 0) is 0 Å². The van der Waals surface area contributed by atoms with Crippen LogP contribution in [0.25, 0.3) is 0 Å². The highest BCUT2D eigenvalue weighted by Crippen LogP contribution is 2.32. The highest BCUT2D eigenvalue weighted by atomic mass is 16.3. The average molecular weight is 231 g/mol. The SMILES string of the molecule is C=CCCCN1CCCC(O)c2ccccc21. The zero-order valence-electron chi connectivity index (χ0n) is 10.3. The summed E-state index contributed by atoms with van der Waals surface area (Å²) in [7, 11) is 0. The molecule has 0 aliphatic carbocycles. The van der Waals surface area contributed by atoms with Crippen LogP contribution in [0.1, 0.15) is 37.4 Å². The van der Waals surface area contributed by atoms with E-state index >= 15 is 0 Å². The van der Waals surface area contributed by atoms with E-state index in [4.69, 9.17) is 0 Å². The summed E-state index contributed by atoms with van der Waals surface area (Å²) in [5.74, 6) is 0. The van der Waals surface area contributed by atoms with E-state index in [-0.39, 0.29) is 6.10 Å². The predicted molar refractivity (Wildman–Crippen MR) is 72.3 cm³/mol. The van der Waals surface area contributed by atoms with Crippen LogP contribution in [0, 0.1) is 0 Å². The lowest BCUT2D eigenvalue weighted by Gasteiger charge is -2.25. The standard InChI is InChI=1S/C15H21NO/c1-2-3-6-11-16-12-7-10-15(17)13-8-4-5-9-14(13)16/h2,4-5,8-9,15,17H,1,3,6-7,10-12H2. The molecule has 0 fully saturated rings. The molecule has 0 amide bonds. The number of fused-ring (bicyclic) bond motifs is 1. The molecule has 0 aromatic heterocycles. The topological polar surface area (TPSA) is 23.5 Å². The van der Waals surface area contributed by atoms with Crippen LogP contribution in [0.5, 0.6) is 0 Å². The van der Waals surface area contributed by atoms with Gasteiger partial charge < -0.3 is 10.0 Å². The first-order valence-corrected chi connectivity index (χ1v) is 6.46. The number of aliphatic hydroxyl groups is 1. The lowest BCUT2D eigenvalue weighted by Crippen LogP contribution is -2.25. The van der Waals surface area contributed by atoms with Crippen molar-refractivity contribution in [3.63, 3.8) is 0 Å². The highest BCUT2D eigenvalue weighted by molar-refractivity contribution is 5.55. The number of unbranched alkanes of at least 4 members (excludes halogenated alkanes) is 1. The second-order valence-corrected chi connectivity index (χ2v) is 4.63. The molecule has 0 saturated carbocycles. The van der Waals surface area contributed by atoms with Crippen LogP contribution >= 0.6 is 0 Å². The fraction of sp³-hybridized carbons (Fsp3) is 0.467. The fourth-order valence-corrected chi connectivity index (χ4v) is 2.47. The summed E-state index contributed by atoms with van der Waals surface area (Å²) in [5, 5.41) is 10.1. The number of allylic oxidation sites excluding steroid dienone is 1. The summed E-state index contributed by atoms with van der Waals surface area (Å²) >= 11 is 0. The molecule has 2 heteroatoms. The smallest absolute Gasteiger partial charge is 0.0810 e. The average Bonchev–Trinajstić information content (AvgIpc) is 2.51. The maximum atomic E-state index is 10.1. The summed E-state index contributed by atoms with van der Waals surface area (Å²) < 4.78 is 0. The first-order chi connectivity index (χ1) is 8.33. The maximum absolute atomic E-state index is 10.1. The summed E-state index contributed by atoms with van der Waals surface area (Å²) in [6, 6.07) is 8.23. The minimum Gasteiger partial charge on any atom is -0.388 e. The Balaban J connectivity index is 2.16. The van der Waals surface area contributed by atoms with Gasteiger partial charge in [0, 0.05) is 24.3 Å². The third kappa shape index (κ3) is 2.89.